The van der Waals surface area contributed by atoms with Gasteiger partial charge in [0.25, 0.3) is 0 Å². The maximum Gasteiger partial charge on any atom is 0.182 e. The molecule has 1 unspecified atom stereocenters. The summed E-state index contributed by atoms with van der Waals surface area (Å²) in [6, 6.07) is -0.0113. The molecule has 0 fully saturated rings. The van der Waals surface area contributed by atoms with Crippen molar-refractivity contribution in [3.05, 3.63) is 35.1 Å². The Labute approximate surface area is 131 Å². The van der Waals surface area contributed by atoms with E-state index in [9.17, 15) is 14.4 Å². The lowest BCUT2D eigenvalue weighted by atomic mass is 9.78. The number of carbonyl (C=O) groups is 3. The van der Waals surface area contributed by atoms with Gasteiger partial charge in [0.05, 0.1) is 0 Å². The van der Waals surface area contributed by atoms with Crippen LogP contribution in [0.3, 0.4) is 0 Å². The summed E-state index contributed by atoms with van der Waals surface area (Å²) >= 11 is 0. The fourth-order valence-electron chi connectivity index (χ4n) is 3.00. The van der Waals surface area contributed by atoms with E-state index in [-0.39, 0.29) is 28.8 Å². The molecule has 2 rings (SSSR count). The zero-order chi connectivity index (χ0) is 16.5. The molecule has 2 aliphatic rings. The molecule has 0 amide bonds. The van der Waals surface area contributed by atoms with E-state index in [1.165, 1.54) is 12.2 Å². The van der Waals surface area contributed by atoms with Crippen molar-refractivity contribution < 1.29 is 14.4 Å². The van der Waals surface area contributed by atoms with Crippen molar-refractivity contribution >= 4 is 17.3 Å². The van der Waals surface area contributed by atoms with E-state index in [1.54, 1.807) is 13.0 Å². The van der Waals surface area contributed by atoms with Gasteiger partial charge in [0.1, 0.15) is 0 Å². The van der Waals surface area contributed by atoms with Gasteiger partial charge in [-0.05, 0) is 44.3 Å². The van der Waals surface area contributed by atoms with E-state index in [2.05, 4.69) is 19.2 Å². The fraction of sp³-hybridized carbons (Fsp3) is 0.500. The van der Waals surface area contributed by atoms with Gasteiger partial charge < -0.3 is 5.32 Å². The minimum absolute atomic E-state index is 0.0113. The molecule has 0 radical (unpaired) electrons. The molecule has 118 valence electrons. The number of allylic oxidation sites excluding steroid dienone is 5. The van der Waals surface area contributed by atoms with E-state index in [0.29, 0.717) is 24.0 Å². The Balaban J connectivity index is 2.01. The Morgan fingerprint density at radius 2 is 1.77 bits per heavy atom. The average molecular weight is 301 g/mol. The molecule has 0 aromatic rings. The fourth-order valence-corrected chi connectivity index (χ4v) is 3.00. The number of hydrogen-bond donors (Lipinski definition) is 1. The first kappa shape index (κ1) is 16.4. The Morgan fingerprint density at radius 1 is 1.09 bits per heavy atom. The summed E-state index contributed by atoms with van der Waals surface area (Å²) in [5.41, 5.74) is 1.88. The lowest BCUT2D eigenvalue weighted by molar-refractivity contribution is -0.117. The molecule has 1 atom stereocenters. The Bertz CT molecular complexity index is 620. The molecular formula is C18H23NO3. The van der Waals surface area contributed by atoms with Crippen LogP contribution in [0.15, 0.2) is 35.1 Å². The van der Waals surface area contributed by atoms with Crippen molar-refractivity contribution in [2.24, 2.45) is 5.41 Å². The van der Waals surface area contributed by atoms with Gasteiger partial charge >= 0.3 is 0 Å². The molecule has 0 aliphatic heterocycles. The molecule has 0 heterocycles. The molecular weight excluding hydrogens is 278 g/mol. The Hall–Kier alpha value is -1.97. The maximum atomic E-state index is 11.9. The Morgan fingerprint density at radius 3 is 2.41 bits per heavy atom. The predicted molar refractivity (Wildman–Crippen MR) is 85.2 cm³/mol. The van der Waals surface area contributed by atoms with E-state index >= 15 is 0 Å². The van der Waals surface area contributed by atoms with E-state index in [4.69, 9.17) is 0 Å². The number of hydrogen-bond acceptors (Lipinski definition) is 4. The quantitative estimate of drug-likeness (QED) is 0.811. The molecule has 2 aliphatic carbocycles. The first-order chi connectivity index (χ1) is 10.2. The molecule has 4 nitrogen and oxygen atoms in total. The summed E-state index contributed by atoms with van der Waals surface area (Å²) < 4.78 is 0. The molecule has 0 saturated carbocycles. The van der Waals surface area contributed by atoms with Crippen LogP contribution in [0.5, 0.6) is 0 Å². The van der Waals surface area contributed by atoms with Crippen LogP contribution in [0, 0.1) is 5.41 Å². The van der Waals surface area contributed by atoms with E-state index in [1.807, 2.05) is 6.92 Å². The summed E-state index contributed by atoms with van der Waals surface area (Å²) in [6.45, 7) is 7.75. The number of carbonyl (C=O) groups excluding carboxylic acids is 3. The third-order valence-corrected chi connectivity index (χ3v) is 3.97. The van der Waals surface area contributed by atoms with Gasteiger partial charge in [-0.3, -0.25) is 14.4 Å². The van der Waals surface area contributed by atoms with Crippen LogP contribution in [-0.2, 0) is 14.4 Å². The number of ketones is 3. The molecule has 4 heteroatoms. The summed E-state index contributed by atoms with van der Waals surface area (Å²) in [5, 5.41) is 3.31. The van der Waals surface area contributed by atoms with Gasteiger partial charge in [0.2, 0.25) is 0 Å². The van der Waals surface area contributed by atoms with Crippen LogP contribution < -0.4 is 5.32 Å². The summed E-state index contributed by atoms with van der Waals surface area (Å²) in [6.07, 6.45) is 6.34. The molecule has 0 spiro atoms. The van der Waals surface area contributed by atoms with Gasteiger partial charge in [-0.15, -0.1) is 0 Å². The second-order valence-electron chi connectivity index (χ2n) is 7.13. The lowest BCUT2D eigenvalue weighted by Gasteiger charge is -2.31. The van der Waals surface area contributed by atoms with Gasteiger partial charge in [-0.1, -0.05) is 13.8 Å². The van der Waals surface area contributed by atoms with Gasteiger partial charge in [-0.25, -0.2) is 0 Å². The summed E-state index contributed by atoms with van der Waals surface area (Å²) in [4.78, 5) is 35.4. The smallest absolute Gasteiger partial charge is 0.182 e. The molecule has 1 N–H and O–H groups in total. The van der Waals surface area contributed by atoms with Gasteiger partial charge in [0.15, 0.2) is 17.3 Å². The third kappa shape index (κ3) is 4.03. The van der Waals surface area contributed by atoms with Crippen LogP contribution in [-0.4, -0.2) is 23.4 Å². The molecule has 0 aromatic carbocycles. The average Bonchev–Trinajstić information content (AvgIpc) is 2.33. The number of rotatable bonds is 4. The molecule has 0 bridgehead atoms. The second kappa shape index (κ2) is 6.03. The normalized spacial score (nSPS) is 22.7. The third-order valence-electron chi connectivity index (χ3n) is 3.97. The maximum absolute atomic E-state index is 11.9. The van der Waals surface area contributed by atoms with E-state index in [0.717, 1.165) is 12.1 Å². The number of nitrogens with one attached hydrogen (secondary N) is 1. The van der Waals surface area contributed by atoms with Crippen LogP contribution in [0.25, 0.3) is 0 Å². The van der Waals surface area contributed by atoms with Crippen LogP contribution >= 0.6 is 0 Å². The monoisotopic (exact) mass is 301 g/mol. The second-order valence-corrected chi connectivity index (χ2v) is 7.13. The topological polar surface area (TPSA) is 63.2 Å². The minimum atomic E-state index is -0.102. The SMILES string of the molecule is CC1=CC(=O)C(CC(C)NC2=CC(=O)CC(C)(C)C2)=CC1=O. The van der Waals surface area contributed by atoms with Crippen LogP contribution in [0.2, 0.25) is 0 Å². The predicted octanol–water partition coefficient (Wildman–Crippen LogP) is 2.65. The molecule has 22 heavy (non-hydrogen) atoms. The molecule has 0 saturated heterocycles. The van der Waals surface area contributed by atoms with Crippen LogP contribution in [0.1, 0.15) is 47.0 Å². The summed E-state index contributed by atoms with van der Waals surface area (Å²) in [5.74, 6) is -0.0672. The standard InChI is InChI=1S/C18H23NO3/c1-11-5-17(22)13(7-16(11)21)6-12(2)19-14-8-15(20)10-18(3,4)9-14/h5,7-8,12,19H,6,9-10H2,1-4H3. The first-order valence-corrected chi connectivity index (χ1v) is 7.64. The van der Waals surface area contributed by atoms with E-state index < -0.39 is 0 Å². The lowest BCUT2D eigenvalue weighted by Crippen LogP contribution is -2.33. The highest BCUT2D eigenvalue weighted by Crippen LogP contribution is 2.32. The van der Waals surface area contributed by atoms with Gasteiger partial charge in [0, 0.05) is 35.4 Å². The zero-order valence-corrected chi connectivity index (χ0v) is 13.7. The first-order valence-electron chi connectivity index (χ1n) is 7.64. The zero-order valence-electron chi connectivity index (χ0n) is 13.7. The highest BCUT2D eigenvalue weighted by Gasteiger charge is 2.28. The van der Waals surface area contributed by atoms with Crippen LogP contribution in [0.4, 0.5) is 0 Å². The highest BCUT2D eigenvalue weighted by atomic mass is 16.1. The van der Waals surface area contributed by atoms with Crippen molar-refractivity contribution in [1.82, 2.24) is 5.32 Å². The molecule has 0 aromatic heterocycles. The largest absolute Gasteiger partial charge is 0.385 e. The van der Waals surface area contributed by atoms with Crippen molar-refractivity contribution in [2.75, 3.05) is 0 Å². The van der Waals surface area contributed by atoms with Crippen molar-refractivity contribution in [3.8, 4) is 0 Å². The highest BCUT2D eigenvalue weighted by molar-refractivity contribution is 6.19. The van der Waals surface area contributed by atoms with Crippen molar-refractivity contribution in [3.63, 3.8) is 0 Å². The summed E-state index contributed by atoms with van der Waals surface area (Å²) in [7, 11) is 0. The Kier molecular flexibility index (Phi) is 4.50. The minimum Gasteiger partial charge on any atom is -0.385 e. The van der Waals surface area contributed by atoms with Crippen molar-refractivity contribution in [2.45, 2.75) is 53.0 Å². The van der Waals surface area contributed by atoms with Gasteiger partial charge in [-0.2, -0.15) is 0 Å². The van der Waals surface area contributed by atoms with Crippen molar-refractivity contribution in [1.29, 1.82) is 0 Å².